The number of hydrogen-bond donors (Lipinski definition) is 0. The lowest BCUT2D eigenvalue weighted by Gasteiger charge is -2.24. The first kappa shape index (κ1) is 19.9. The summed E-state index contributed by atoms with van der Waals surface area (Å²) in [6.45, 7) is 5.36. The average molecular weight is 403 g/mol. The van der Waals surface area contributed by atoms with Gasteiger partial charge in [0, 0.05) is 11.8 Å². The lowest BCUT2D eigenvalue weighted by Crippen LogP contribution is -2.30. The molecule has 0 aromatic heterocycles. The van der Waals surface area contributed by atoms with E-state index in [-0.39, 0.29) is 11.7 Å². The van der Waals surface area contributed by atoms with Gasteiger partial charge in [0.05, 0.1) is 11.7 Å². The Bertz CT molecular complexity index is 1120. The van der Waals surface area contributed by atoms with Crippen molar-refractivity contribution in [2.45, 2.75) is 76.9 Å². The van der Waals surface area contributed by atoms with Gasteiger partial charge in [-0.3, -0.25) is 0 Å². The molecule has 1 heterocycles. The number of hydrogen-bond acceptors (Lipinski definition) is 2. The van der Waals surface area contributed by atoms with E-state index in [1.54, 1.807) is 0 Å². The highest BCUT2D eigenvalue weighted by molar-refractivity contribution is 5.59. The van der Waals surface area contributed by atoms with E-state index >= 15 is 0 Å². The van der Waals surface area contributed by atoms with E-state index in [2.05, 4.69) is 62.4 Å². The molecule has 2 aliphatic carbocycles. The van der Waals surface area contributed by atoms with Crippen molar-refractivity contribution in [3.8, 4) is 5.75 Å². The van der Waals surface area contributed by atoms with E-state index in [0.29, 0.717) is 5.92 Å². The van der Waals surface area contributed by atoms with Crippen LogP contribution in [0.5, 0.6) is 5.75 Å². The Kier molecular flexibility index (Phi) is 5.45. The highest BCUT2D eigenvalue weighted by atomic mass is 16.5. The summed E-state index contributed by atoms with van der Waals surface area (Å²) >= 11 is 0. The second-order valence-corrected chi connectivity index (χ2v) is 9.42. The van der Waals surface area contributed by atoms with E-state index in [4.69, 9.17) is 9.47 Å². The van der Waals surface area contributed by atoms with E-state index < -0.39 is 0 Å². The van der Waals surface area contributed by atoms with E-state index in [1.807, 2.05) is 0 Å². The minimum Gasteiger partial charge on any atom is -0.490 e. The quantitative estimate of drug-likeness (QED) is 0.506. The van der Waals surface area contributed by atoms with Gasteiger partial charge in [-0.25, -0.2) is 0 Å². The van der Waals surface area contributed by atoms with Gasteiger partial charge in [-0.05, 0) is 90.8 Å². The SMILES string of the molecule is CCCCC[C@@H](C)Oc1cccc2c1=Cc1cccc(=CC34CCCC3CCO4)c1=2. The topological polar surface area (TPSA) is 18.5 Å². The van der Waals surface area contributed by atoms with Crippen LogP contribution < -0.4 is 15.2 Å². The summed E-state index contributed by atoms with van der Waals surface area (Å²) in [4.78, 5) is 0. The van der Waals surface area contributed by atoms with Gasteiger partial charge in [0.15, 0.2) is 0 Å². The number of rotatable bonds is 7. The second kappa shape index (κ2) is 8.23. The zero-order valence-electron chi connectivity index (χ0n) is 18.5. The van der Waals surface area contributed by atoms with Crippen LogP contribution in [-0.2, 0) is 4.74 Å². The molecule has 1 saturated carbocycles. The van der Waals surface area contributed by atoms with Crippen molar-refractivity contribution < 1.29 is 9.47 Å². The molecule has 1 aliphatic heterocycles. The van der Waals surface area contributed by atoms with Gasteiger partial charge in [0.1, 0.15) is 5.75 Å². The largest absolute Gasteiger partial charge is 0.490 e. The molecule has 2 fully saturated rings. The van der Waals surface area contributed by atoms with Crippen molar-refractivity contribution in [1.29, 1.82) is 0 Å². The monoisotopic (exact) mass is 402 g/mol. The van der Waals surface area contributed by atoms with Crippen molar-refractivity contribution in [3.63, 3.8) is 0 Å². The third kappa shape index (κ3) is 3.50. The standard InChI is InChI=1S/C28H34O2/c1-3-4-5-9-20(2)30-26-14-7-13-24-25(26)18-21-10-6-11-22(27(21)24)19-28-16-8-12-23(28)15-17-29-28/h6-7,10-11,13-14,18-20,23H,3-5,8-9,12,15-17H2,1-2H3/t20-,23?,28?/m1/s1. The minimum atomic E-state index is -0.0419. The Labute approximate surface area is 179 Å². The van der Waals surface area contributed by atoms with Gasteiger partial charge in [-0.1, -0.05) is 50.1 Å². The van der Waals surface area contributed by atoms with Gasteiger partial charge >= 0.3 is 0 Å². The Morgan fingerprint density at radius 3 is 2.97 bits per heavy atom. The van der Waals surface area contributed by atoms with Crippen molar-refractivity contribution in [2.24, 2.45) is 5.92 Å². The number of unbranched alkanes of at least 4 members (excludes halogenated alkanes) is 2. The minimum absolute atomic E-state index is 0.0419. The summed E-state index contributed by atoms with van der Waals surface area (Å²) in [6.07, 6.45) is 14.9. The zero-order valence-corrected chi connectivity index (χ0v) is 18.5. The van der Waals surface area contributed by atoms with Crippen molar-refractivity contribution >= 4 is 12.2 Å². The van der Waals surface area contributed by atoms with Crippen LogP contribution in [0.1, 0.15) is 70.8 Å². The van der Waals surface area contributed by atoms with Crippen molar-refractivity contribution in [1.82, 2.24) is 0 Å². The van der Waals surface area contributed by atoms with Crippen LogP contribution in [0.3, 0.4) is 0 Å². The highest BCUT2D eigenvalue weighted by Crippen LogP contribution is 2.46. The van der Waals surface area contributed by atoms with E-state index in [0.717, 1.165) is 25.2 Å². The summed E-state index contributed by atoms with van der Waals surface area (Å²) < 4.78 is 12.8. The van der Waals surface area contributed by atoms with Crippen LogP contribution in [0, 0.1) is 16.4 Å². The van der Waals surface area contributed by atoms with Crippen LogP contribution in [-0.4, -0.2) is 18.3 Å². The number of ether oxygens (including phenoxy) is 2. The summed E-state index contributed by atoms with van der Waals surface area (Å²) in [5.41, 5.74) is 1.26. The van der Waals surface area contributed by atoms with E-state index in [1.165, 1.54) is 65.0 Å². The molecular formula is C28H34O2. The van der Waals surface area contributed by atoms with Gasteiger partial charge in [0.25, 0.3) is 0 Å². The predicted octanol–water partition coefficient (Wildman–Crippen LogP) is 5.20. The molecule has 0 bridgehead atoms. The molecule has 2 aromatic carbocycles. The molecule has 1 saturated heterocycles. The molecule has 2 nitrogen and oxygen atoms in total. The highest BCUT2D eigenvalue weighted by Gasteiger charge is 2.45. The summed E-state index contributed by atoms with van der Waals surface area (Å²) in [5, 5.41) is 5.22. The fourth-order valence-corrected chi connectivity index (χ4v) is 5.80. The lowest BCUT2D eigenvalue weighted by atomic mass is 9.89. The maximum absolute atomic E-state index is 6.41. The Balaban J connectivity index is 1.58. The van der Waals surface area contributed by atoms with E-state index in [9.17, 15) is 0 Å². The maximum atomic E-state index is 6.41. The summed E-state index contributed by atoms with van der Waals surface area (Å²) in [7, 11) is 0. The molecule has 2 heteroatoms. The zero-order chi connectivity index (χ0) is 20.6. The predicted molar refractivity (Wildman–Crippen MR) is 123 cm³/mol. The summed E-state index contributed by atoms with van der Waals surface area (Å²) in [6, 6.07) is 13.2. The maximum Gasteiger partial charge on any atom is 0.127 e. The normalized spacial score (nSPS) is 25.5. The number of benzene rings is 2. The van der Waals surface area contributed by atoms with Gasteiger partial charge in [-0.2, -0.15) is 0 Å². The molecular weight excluding hydrogens is 368 g/mol. The lowest BCUT2D eigenvalue weighted by molar-refractivity contribution is 0.0478. The first-order chi connectivity index (χ1) is 14.7. The molecule has 0 spiro atoms. The van der Waals surface area contributed by atoms with Crippen LogP contribution in [0.2, 0.25) is 0 Å². The molecule has 3 aliphatic rings. The van der Waals surface area contributed by atoms with Crippen LogP contribution in [0.4, 0.5) is 0 Å². The molecule has 2 aromatic rings. The first-order valence-electron chi connectivity index (χ1n) is 12.0. The van der Waals surface area contributed by atoms with Crippen LogP contribution in [0.25, 0.3) is 12.2 Å². The molecule has 5 rings (SSSR count). The average Bonchev–Trinajstić information content (AvgIpc) is 3.41. The molecule has 0 N–H and O–H groups in total. The number of fused-ring (bicyclic) bond motifs is 3. The molecule has 158 valence electrons. The third-order valence-corrected chi connectivity index (χ3v) is 7.35. The second-order valence-electron chi connectivity index (χ2n) is 9.42. The van der Waals surface area contributed by atoms with Crippen LogP contribution >= 0.6 is 0 Å². The Morgan fingerprint density at radius 1 is 1.17 bits per heavy atom. The molecule has 30 heavy (non-hydrogen) atoms. The van der Waals surface area contributed by atoms with Gasteiger partial charge in [0.2, 0.25) is 0 Å². The molecule has 0 radical (unpaired) electrons. The smallest absolute Gasteiger partial charge is 0.127 e. The molecule has 3 atom stereocenters. The third-order valence-electron chi connectivity index (χ3n) is 7.35. The summed E-state index contributed by atoms with van der Waals surface area (Å²) in [5.74, 6) is 1.71. The Hall–Kier alpha value is -2.06. The van der Waals surface area contributed by atoms with Gasteiger partial charge < -0.3 is 9.47 Å². The van der Waals surface area contributed by atoms with Crippen molar-refractivity contribution in [2.75, 3.05) is 6.61 Å². The fraction of sp³-hybridized carbons (Fsp3) is 0.500. The fourth-order valence-electron chi connectivity index (χ4n) is 5.80. The van der Waals surface area contributed by atoms with Gasteiger partial charge in [-0.15, -0.1) is 0 Å². The molecule has 2 unspecified atom stereocenters. The van der Waals surface area contributed by atoms with Crippen LogP contribution in [0.15, 0.2) is 36.4 Å². The Morgan fingerprint density at radius 2 is 2.07 bits per heavy atom. The molecule has 0 amide bonds. The van der Waals surface area contributed by atoms with Crippen molar-refractivity contribution in [3.05, 3.63) is 62.8 Å². The first-order valence-corrected chi connectivity index (χ1v) is 12.0.